The average molecular weight is 541 g/mol. The molecule has 4 unspecified atom stereocenters. The lowest BCUT2D eigenvalue weighted by Crippen LogP contribution is -2.67. The number of ether oxygens (including phenoxy) is 1. The van der Waals surface area contributed by atoms with Crippen molar-refractivity contribution in [1.82, 2.24) is 0 Å². The van der Waals surface area contributed by atoms with E-state index < -0.39 is 16.8 Å². The first-order valence-electron chi connectivity index (χ1n) is 16.0. The third-order valence-corrected chi connectivity index (χ3v) is 14.3. The number of hydrogen-bond donors (Lipinski definition) is 1. The van der Waals surface area contributed by atoms with Gasteiger partial charge in [0.1, 0.15) is 6.10 Å². The minimum atomic E-state index is -0.560. The number of hydrogen-bond acceptors (Lipinski definition) is 3. The number of esters is 1. The average Bonchev–Trinajstić information content (AvgIpc) is 3.22. The lowest BCUT2D eigenvalue weighted by molar-refractivity contribution is -0.251. The number of carboxylic acid groups (broad SMARTS) is 1. The van der Waals surface area contributed by atoms with Crippen molar-refractivity contribution in [3.05, 3.63) is 12.2 Å². The Balaban J connectivity index is 1.48. The first-order valence-corrected chi connectivity index (χ1v) is 16.0. The summed E-state index contributed by atoms with van der Waals surface area (Å²) in [4.78, 5) is 25.8. The number of carboxylic acids is 1. The number of fused-ring (bicyclic) bond motifs is 7. The summed E-state index contributed by atoms with van der Waals surface area (Å²) >= 11 is 0. The van der Waals surface area contributed by atoms with Gasteiger partial charge in [0.25, 0.3) is 0 Å². The zero-order valence-corrected chi connectivity index (χ0v) is 26.4. The van der Waals surface area contributed by atoms with Crippen LogP contribution >= 0.6 is 0 Å². The van der Waals surface area contributed by atoms with Crippen LogP contribution in [0.1, 0.15) is 127 Å². The molecule has 1 N–H and O–H groups in total. The molecular formula is C35H56O4. The van der Waals surface area contributed by atoms with Gasteiger partial charge in [-0.05, 0) is 138 Å². The van der Waals surface area contributed by atoms with E-state index in [1.165, 1.54) is 24.8 Å². The normalized spacial score (nSPS) is 48.6. The second kappa shape index (κ2) is 8.84. The molecule has 0 aliphatic heterocycles. The van der Waals surface area contributed by atoms with Gasteiger partial charge in [-0.3, -0.25) is 9.59 Å². The Morgan fingerprint density at radius 3 is 2.08 bits per heavy atom. The van der Waals surface area contributed by atoms with Gasteiger partial charge in [0.15, 0.2) is 0 Å². The minimum Gasteiger partial charge on any atom is -0.481 e. The molecule has 5 fully saturated rings. The molecule has 4 nitrogen and oxygen atoms in total. The zero-order chi connectivity index (χ0) is 29.0. The molecular weight excluding hydrogens is 484 g/mol. The van der Waals surface area contributed by atoms with E-state index in [2.05, 4.69) is 48.1 Å². The quantitative estimate of drug-likeness (QED) is 0.287. The van der Waals surface area contributed by atoms with E-state index in [4.69, 9.17) is 4.74 Å². The predicted octanol–water partition coefficient (Wildman–Crippen LogP) is 8.69. The summed E-state index contributed by atoms with van der Waals surface area (Å²) < 4.78 is 6.24. The monoisotopic (exact) mass is 540 g/mol. The van der Waals surface area contributed by atoms with Crippen LogP contribution in [0.4, 0.5) is 0 Å². The van der Waals surface area contributed by atoms with Gasteiger partial charge >= 0.3 is 11.9 Å². The summed E-state index contributed by atoms with van der Waals surface area (Å²) in [6.07, 6.45) is 10.4. The van der Waals surface area contributed by atoms with E-state index in [0.717, 1.165) is 44.9 Å². The molecule has 10 atom stereocenters. The van der Waals surface area contributed by atoms with Crippen LogP contribution in [0.2, 0.25) is 0 Å². The highest BCUT2D eigenvalue weighted by Crippen LogP contribution is 2.77. The predicted molar refractivity (Wildman–Crippen MR) is 156 cm³/mol. The van der Waals surface area contributed by atoms with Crippen LogP contribution in [0, 0.1) is 62.1 Å². The number of rotatable bonds is 3. The third-order valence-electron chi connectivity index (χ3n) is 14.3. The number of allylic oxidation sites excluding steroid dienone is 1. The number of carbonyl (C=O) groups excluding carboxylic acids is 1. The fourth-order valence-corrected chi connectivity index (χ4v) is 12.0. The smallest absolute Gasteiger partial charge is 0.311 e. The maximum absolute atomic E-state index is 12.9. The molecule has 5 rings (SSSR count). The first-order chi connectivity index (χ1) is 17.9. The summed E-state index contributed by atoms with van der Waals surface area (Å²) in [5, 5.41) is 10.6. The van der Waals surface area contributed by atoms with Gasteiger partial charge < -0.3 is 9.84 Å². The summed E-state index contributed by atoms with van der Waals surface area (Å²) in [5.74, 6) is 1.52. The van der Waals surface area contributed by atoms with Gasteiger partial charge in [0.2, 0.25) is 0 Å². The zero-order valence-electron chi connectivity index (χ0n) is 26.4. The highest BCUT2D eigenvalue weighted by atomic mass is 16.5. The van der Waals surface area contributed by atoms with Crippen molar-refractivity contribution in [3.8, 4) is 0 Å². The molecule has 0 heterocycles. The first kappa shape index (κ1) is 29.2. The number of carbonyl (C=O) groups is 2. The topological polar surface area (TPSA) is 63.6 Å². The Labute approximate surface area is 238 Å². The van der Waals surface area contributed by atoms with Crippen LogP contribution in [-0.2, 0) is 14.3 Å². The van der Waals surface area contributed by atoms with E-state index in [1.54, 1.807) is 0 Å². The van der Waals surface area contributed by atoms with Crippen LogP contribution in [-0.4, -0.2) is 23.1 Å². The fourth-order valence-electron chi connectivity index (χ4n) is 12.0. The molecule has 0 aromatic heterocycles. The maximum atomic E-state index is 12.9. The molecule has 4 heteroatoms. The van der Waals surface area contributed by atoms with E-state index in [-0.39, 0.29) is 39.7 Å². The maximum Gasteiger partial charge on any atom is 0.311 e. The van der Waals surface area contributed by atoms with Crippen molar-refractivity contribution in [2.45, 2.75) is 133 Å². The van der Waals surface area contributed by atoms with Crippen molar-refractivity contribution in [2.24, 2.45) is 62.1 Å². The van der Waals surface area contributed by atoms with Gasteiger partial charge in [0, 0.05) is 5.41 Å². The minimum absolute atomic E-state index is 0.0285. The molecule has 0 bridgehead atoms. The van der Waals surface area contributed by atoms with Crippen molar-refractivity contribution in [3.63, 3.8) is 0 Å². The van der Waals surface area contributed by atoms with E-state index >= 15 is 0 Å². The lowest BCUT2D eigenvalue weighted by atomic mass is 9.32. The Bertz CT molecular complexity index is 1050. The highest BCUT2D eigenvalue weighted by Gasteiger charge is 2.72. The lowest BCUT2D eigenvalue weighted by Gasteiger charge is -2.72. The molecule has 0 aromatic carbocycles. The molecule has 5 saturated carbocycles. The van der Waals surface area contributed by atoms with Gasteiger partial charge in [0.05, 0.1) is 10.8 Å². The standard InChI is InChI=1S/C35H56O4/c1-21(2)22-13-18-35(28(36)37)20-19-33(9)23(27(22)35)11-12-25-32(8)16-15-26(39-29(38)30(3,4)5)31(6,7)24(32)14-17-34(25,33)10/h22-27H,1,11-20H2,2-10H3,(H,36,37)/t22-,23?,24?,25?,26-,27?,32-,33+,34+,35-/m0/s1. The Kier molecular flexibility index (Phi) is 6.61. The summed E-state index contributed by atoms with van der Waals surface area (Å²) in [6.45, 7) is 24.8. The van der Waals surface area contributed by atoms with Crippen LogP contribution in [0.25, 0.3) is 0 Å². The van der Waals surface area contributed by atoms with E-state index in [1.807, 2.05) is 20.8 Å². The Morgan fingerprint density at radius 2 is 1.49 bits per heavy atom. The number of aliphatic carboxylic acids is 1. The molecule has 0 spiro atoms. The third kappa shape index (κ3) is 3.80. The molecule has 5 aliphatic rings. The van der Waals surface area contributed by atoms with Crippen molar-refractivity contribution in [1.29, 1.82) is 0 Å². The second-order valence-corrected chi connectivity index (χ2v) is 17.2. The van der Waals surface area contributed by atoms with Crippen LogP contribution in [0.3, 0.4) is 0 Å². The largest absolute Gasteiger partial charge is 0.481 e. The van der Waals surface area contributed by atoms with Crippen LogP contribution in [0.15, 0.2) is 12.2 Å². The second-order valence-electron chi connectivity index (χ2n) is 17.2. The summed E-state index contributed by atoms with van der Waals surface area (Å²) in [6, 6.07) is 0. The molecule has 5 aliphatic carbocycles. The molecule has 39 heavy (non-hydrogen) atoms. The summed E-state index contributed by atoms with van der Waals surface area (Å²) in [7, 11) is 0. The molecule has 0 saturated heterocycles. The summed E-state index contributed by atoms with van der Waals surface area (Å²) in [5.41, 5.74) is 0.636. The van der Waals surface area contributed by atoms with Gasteiger partial charge in [-0.25, -0.2) is 0 Å². The van der Waals surface area contributed by atoms with Crippen LogP contribution in [0.5, 0.6) is 0 Å². The van der Waals surface area contributed by atoms with Crippen molar-refractivity contribution in [2.75, 3.05) is 0 Å². The molecule has 0 aromatic rings. The Hall–Kier alpha value is -1.32. The van der Waals surface area contributed by atoms with Gasteiger partial charge in [-0.1, -0.05) is 46.8 Å². The van der Waals surface area contributed by atoms with Gasteiger partial charge in [-0.15, -0.1) is 0 Å². The molecule has 0 radical (unpaired) electrons. The van der Waals surface area contributed by atoms with Gasteiger partial charge in [-0.2, -0.15) is 0 Å². The Morgan fingerprint density at radius 1 is 0.821 bits per heavy atom. The molecule has 0 amide bonds. The van der Waals surface area contributed by atoms with Crippen LogP contribution < -0.4 is 0 Å². The van der Waals surface area contributed by atoms with E-state index in [9.17, 15) is 14.7 Å². The fraction of sp³-hybridized carbons (Fsp3) is 0.886. The SMILES string of the molecule is C=C(C)[C@@H]1CC[C@]2(C(=O)O)CC[C@]3(C)C(CCC4[C@@]5(C)CC[C@H](OC(=O)C(C)(C)C)C(C)(C)C5CC[C@]43C)C12. The van der Waals surface area contributed by atoms with Crippen molar-refractivity contribution >= 4 is 11.9 Å². The van der Waals surface area contributed by atoms with Crippen molar-refractivity contribution < 1.29 is 19.4 Å². The molecule has 220 valence electrons. The van der Waals surface area contributed by atoms with E-state index in [0.29, 0.717) is 23.7 Å². The highest BCUT2D eigenvalue weighted by molar-refractivity contribution is 5.76.